The molecule has 4 heterocycles. The van der Waals surface area contributed by atoms with E-state index in [2.05, 4.69) is 180 Å². The Labute approximate surface area is 327 Å². The van der Waals surface area contributed by atoms with Crippen LogP contribution in [0.2, 0.25) is 0 Å². The van der Waals surface area contributed by atoms with E-state index in [1.54, 1.807) is 11.3 Å². The molecule has 11 aromatic rings. The maximum Gasteiger partial charge on any atom is 0.160 e. The molecular weight excluding hydrogens is 701 g/mol. The maximum atomic E-state index is 5.38. The van der Waals surface area contributed by atoms with Crippen molar-refractivity contribution < 1.29 is 0 Å². The highest BCUT2D eigenvalue weighted by Crippen LogP contribution is 2.42. The third-order valence-corrected chi connectivity index (χ3v) is 11.8. The Kier molecular flexibility index (Phi) is 7.64. The third-order valence-electron chi connectivity index (χ3n) is 10.6. The van der Waals surface area contributed by atoms with E-state index in [1.165, 1.54) is 25.6 Å². The molecule has 56 heavy (non-hydrogen) atoms. The van der Waals surface area contributed by atoms with Crippen molar-refractivity contribution in [2.24, 2.45) is 0 Å². The van der Waals surface area contributed by atoms with Crippen molar-refractivity contribution in [3.05, 3.63) is 194 Å². The predicted molar refractivity (Wildman–Crippen MR) is 234 cm³/mol. The van der Waals surface area contributed by atoms with E-state index in [0.29, 0.717) is 5.82 Å². The number of thiophene rings is 1. The van der Waals surface area contributed by atoms with Crippen LogP contribution in [0.15, 0.2) is 194 Å². The van der Waals surface area contributed by atoms with Crippen LogP contribution in [0.4, 0.5) is 0 Å². The summed E-state index contributed by atoms with van der Waals surface area (Å²) in [5.41, 5.74) is 13.7. The second-order valence-corrected chi connectivity index (χ2v) is 15.1. The SMILES string of the molecule is c1ccc(-c2cccc(-c3nc(-c4ccccc4)cc(-c4cc(-c5ccnc6c5sc5ccccc56)cc(-n5c6ccccc6c6ccccc65)c4)n3)c2)cc1. The number of para-hydroxylation sites is 2. The van der Waals surface area contributed by atoms with Crippen LogP contribution in [-0.4, -0.2) is 19.5 Å². The number of pyridine rings is 1. The van der Waals surface area contributed by atoms with Crippen LogP contribution in [0.5, 0.6) is 0 Å². The summed E-state index contributed by atoms with van der Waals surface area (Å²) in [6.45, 7) is 0. The van der Waals surface area contributed by atoms with Gasteiger partial charge in [0, 0.05) is 55.0 Å². The van der Waals surface area contributed by atoms with Gasteiger partial charge in [-0.2, -0.15) is 0 Å². The molecule has 4 aromatic heterocycles. The topological polar surface area (TPSA) is 43.6 Å². The summed E-state index contributed by atoms with van der Waals surface area (Å²) in [4.78, 5) is 15.5. The van der Waals surface area contributed by atoms with Gasteiger partial charge in [-0.1, -0.05) is 133 Å². The highest BCUT2D eigenvalue weighted by atomic mass is 32.1. The summed E-state index contributed by atoms with van der Waals surface area (Å²) in [5.74, 6) is 0.679. The molecule has 7 aromatic carbocycles. The number of nitrogens with zero attached hydrogens (tertiary/aromatic N) is 4. The van der Waals surface area contributed by atoms with Gasteiger partial charge in [0.1, 0.15) is 0 Å². The van der Waals surface area contributed by atoms with Crippen LogP contribution in [-0.2, 0) is 0 Å². The van der Waals surface area contributed by atoms with Crippen molar-refractivity contribution in [3.8, 4) is 61.8 Å². The van der Waals surface area contributed by atoms with Gasteiger partial charge in [0.05, 0.1) is 32.6 Å². The number of benzene rings is 7. The molecule has 0 saturated heterocycles. The highest BCUT2D eigenvalue weighted by Gasteiger charge is 2.19. The molecule has 0 unspecified atom stereocenters. The average Bonchev–Trinajstić information content (AvgIpc) is 3.83. The summed E-state index contributed by atoms with van der Waals surface area (Å²) in [5, 5.41) is 3.62. The minimum Gasteiger partial charge on any atom is -0.309 e. The average molecular weight is 733 g/mol. The number of hydrogen-bond acceptors (Lipinski definition) is 4. The van der Waals surface area contributed by atoms with Crippen molar-refractivity contribution in [2.45, 2.75) is 0 Å². The van der Waals surface area contributed by atoms with Crippen molar-refractivity contribution in [1.82, 2.24) is 19.5 Å². The molecule has 0 amide bonds. The monoisotopic (exact) mass is 732 g/mol. The van der Waals surface area contributed by atoms with Crippen molar-refractivity contribution in [2.75, 3.05) is 0 Å². The Morgan fingerprint density at radius 3 is 1.73 bits per heavy atom. The lowest BCUT2D eigenvalue weighted by atomic mass is 9.99. The molecule has 0 aliphatic carbocycles. The molecular formula is C51H32N4S. The molecule has 5 heteroatoms. The number of hydrogen-bond donors (Lipinski definition) is 0. The van der Waals surface area contributed by atoms with Crippen molar-refractivity contribution in [3.63, 3.8) is 0 Å². The molecule has 0 atom stereocenters. The van der Waals surface area contributed by atoms with Gasteiger partial charge in [0.25, 0.3) is 0 Å². The quantitative estimate of drug-likeness (QED) is 0.171. The van der Waals surface area contributed by atoms with Gasteiger partial charge in [-0.3, -0.25) is 4.98 Å². The van der Waals surface area contributed by atoms with Crippen LogP contribution in [0, 0.1) is 0 Å². The zero-order valence-corrected chi connectivity index (χ0v) is 31.0. The van der Waals surface area contributed by atoms with E-state index in [-0.39, 0.29) is 0 Å². The van der Waals surface area contributed by atoms with Gasteiger partial charge < -0.3 is 4.57 Å². The first kappa shape index (κ1) is 32.2. The summed E-state index contributed by atoms with van der Waals surface area (Å²) in [7, 11) is 0. The van der Waals surface area contributed by atoms with Crippen LogP contribution >= 0.6 is 11.3 Å². The van der Waals surface area contributed by atoms with Crippen LogP contribution < -0.4 is 0 Å². The van der Waals surface area contributed by atoms with E-state index in [0.717, 1.165) is 72.6 Å². The minimum absolute atomic E-state index is 0.679. The van der Waals surface area contributed by atoms with Crippen LogP contribution in [0.25, 0.3) is 104 Å². The fourth-order valence-electron chi connectivity index (χ4n) is 8.03. The lowest BCUT2D eigenvalue weighted by Gasteiger charge is -2.15. The molecule has 11 rings (SSSR count). The lowest BCUT2D eigenvalue weighted by Crippen LogP contribution is -1.99. The van der Waals surface area contributed by atoms with Gasteiger partial charge in [0.2, 0.25) is 0 Å². The molecule has 0 aliphatic heterocycles. The molecule has 0 aliphatic rings. The van der Waals surface area contributed by atoms with Crippen LogP contribution in [0.3, 0.4) is 0 Å². The van der Waals surface area contributed by atoms with Gasteiger partial charge in [-0.25, -0.2) is 9.97 Å². The molecule has 0 radical (unpaired) electrons. The second kappa shape index (κ2) is 13.3. The maximum absolute atomic E-state index is 5.38. The molecule has 0 fully saturated rings. The largest absolute Gasteiger partial charge is 0.309 e. The number of fused-ring (bicyclic) bond motifs is 6. The van der Waals surface area contributed by atoms with E-state index < -0.39 is 0 Å². The Hall–Kier alpha value is -7.21. The van der Waals surface area contributed by atoms with E-state index in [1.807, 2.05) is 18.3 Å². The molecule has 0 saturated carbocycles. The highest BCUT2D eigenvalue weighted by molar-refractivity contribution is 7.26. The summed E-state index contributed by atoms with van der Waals surface area (Å²) >= 11 is 1.80. The van der Waals surface area contributed by atoms with E-state index >= 15 is 0 Å². The zero-order valence-electron chi connectivity index (χ0n) is 30.2. The van der Waals surface area contributed by atoms with Crippen molar-refractivity contribution in [1.29, 1.82) is 0 Å². The Balaban J connectivity index is 1.19. The summed E-state index contributed by atoms with van der Waals surface area (Å²) < 4.78 is 4.79. The number of aromatic nitrogens is 4. The first-order valence-electron chi connectivity index (χ1n) is 18.8. The standard InChI is InChI=1S/C51H32N4S/c1-3-14-33(15-4-1)35-18-13-19-36(28-35)51-53-44(34-16-5-2-6-17-34)32-45(54-51)38-29-37(40-26-27-52-49-43-22-9-12-25-48(43)56-50(40)49)30-39(31-38)55-46-23-10-7-20-41(46)42-21-8-11-24-47(42)55/h1-32H. The van der Waals surface area contributed by atoms with Gasteiger partial charge in [-0.15, -0.1) is 11.3 Å². The summed E-state index contributed by atoms with van der Waals surface area (Å²) in [6.07, 6.45) is 1.94. The summed E-state index contributed by atoms with van der Waals surface area (Å²) in [6, 6.07) is 66.5. The Morgan fingerprint density at radius 1 is 0.411 bits per heavy atom. The Morgan fingerprint density at radius 2 is 0.982 bits per heavy atom. The lowest BCUT2D eigenvalue weighted by molar-refractivity contribution is 1.16. The molecule has 4 nitrogen and oxygen atoms in total. The molecule has 0 N–H and O–H groups in total. The fourth-order valence-corrected chi connectivity index (χ4v) is 9.22. The van der Waals surface area contributed by atoms with Crippen molar-refractivity contribution >= 4 is 53.4 Å². The van der Waals surface area contributed by atoms with Gasteiger partial charge in [0.15, 0.2) is 5.82 Å². The van der Waals surface area contributed by atoms with E-state index in [4.69, 9.17) is 15.0 Å². The molecule has 262 valence electrons. The fraction of sp³-hybridized carbons (Fsp3) is 0. The first-order valence-corrected chi connectivity index (χ1v) is 19.6. The Bertz CT molecular complexity index is 3200. The normalized spacial score (nSPS) is 11.6. The molecule has 0 bridgehead atoms. The van der Waals surface area contributed by atoms with E-state index in [9.17, 15) is 0 Å². The third kappa shape index (κ3) is 5.48. The van der Waals surface area contributed by atoms with Gasteiger partial charge in [-0.05, 0) is 71.3 Å². The molecule has 0 spiro atoms. The van der Waals surface area contributed by atoms with Gasteiger partial charge >= 0.3 is 0 Å². The zero-order chi connectivity index (χ0) is 37.0. The first-order chi connectivity index (χ1) is 27.7. The predicted octanol–water partition coefficient (Wildman–Crippen LogP) is 13.7. The minimum atomic E-state index is 0.679. The number of rotatable bonds is 6. The smallest absolute Gasteiger partial charge is 0.160 e. The van der Waals surface area contributed by atoms with Crippen LogP contribution in [0.1, 0.15) is 0 Å². The second-order valence-electron chi connectivity index (χ2n) is 14.0.